The number of aromatic nitrogens is 1. The number of hydrogen-bond donors (Lipinski definition) is 1. The van der Waals surface area contributed by atoms with Gasteiger partial charge < -0.3 is 10.2 Å². The van der Waals surface area contributed by atoms with Crippen molar-refractivity contribution in [1.29, 1.82) is 0 Å². The summed E-state index contributed by atoms with van der Waals surface area (Å²) in [5.74, 6) is -1.40. The van der Waals surface area contributed by atoms with E-state index in [-0.39, 0.29) is 30.1 Å². The van der Waals surface area contributed by atoms with Crippen LogP contribution in [0.5, 0.6) is 0 Å². The molecule has 1 aliphatic heterocycles. The molecular formula is C24H22FN3O2. The van der Waals surface area contributed by atoms with Crippen LogP contribution in [-0.4, -0.2) is 34.8 Å². The minimum Gasteiger partial charge on any atom is -0.350 e. The van der Waals surface area contributed by atoms with Crippen molar-refractivity contribution in [2.24, 2.45) is 5.92 Å². The highest BCUT2D eigenvalue weighted by Gasteiger charge is 2.40. The molecule has 2 heterocycles. The second-order valence-corrected chi connectivity index (χ2v) is 7.38. The number of nitrogens with one attached hydrogen (secondary N) is 1. The number of nitrogens with zero attached hydrogens (tertiary/aromatic N) is 2. The summed E-state index contributed by atoms with van der Waals surface area (Å²) in [4.78, 5) is 31.9. The molecule has 30 heavy (non-hydrogen) atoms. The lowest BCUT2D eigenvalue weighted by Crippen LogP contribution is -2.35. The van der Waals surface area contributed by atoms with E-state index < -0.39 is 5.92 Å². The Kier molecular flexibility index (Phi) is 5.84. The van der Waals surface area contributed by atoms with E-state index in [0.29, 0.717) is 18.7 Å². The number of amides is 2. The maximum absolute atomic E-state index is 13.8. The second-order valence-electron chi connectivity index (χ2n) is 7.38. The molecule has 5 nitrogen and oxygen atoms in total. The Balaban J connectivity index is 1.55. The van der Waals surface area contributed by atoms with Crippen molar-refractivity contribution in [3.63, 3.8) is 0 Å². The van der Waals surface area contributed by atoms with Gasteiger partial charge in [0.05, 0.1) is 18.2 Å². The first-order chi connectivity index (χ1) is 14.6. The van der Waals surface area contributed by atoms with Crippen LogP contribution >= 0.6 is 0 Å². The van der Waals surface area contributed by atoms with Crippen LogP contribution in [0.3, 0.4) is 0 Å². The normalized spacial score (nSPS) is 18.2. The predicted molar refractivity (Wildman–Crippen MR) is 111 cm³/mol. The fourth-order valence-electron chi connectivity index (χ4n) is 3.89. The van der Waals surface area contributed by atoms with E-state index in [0.717, 1.165) is 11.3 Å². The summed E-state index contributed by atoms with van der Waals surface area (Å²) < 4.78 is 13.8. The molecule has 0 aliphatic carbocycles. The van der Waals surface area contributed by atoms with E-state index in [4.69, 9.17) is 0 Å². The largest absolute Gasteiger partial charge is 0.350 e. The third kappa shape index (κ3) is 4.38. The van der Waals surface area contributed by atoms with Crippen LogP contribution in [0.25, 0.3) is 0 Å². The Morgan fingerprint density at radius 2 is 1.80 bits per heavy atom. The molecular weight excluding hydrogens is 381 g/mol. The number of carbonyl (C=O) groups is 2. The van der Waals surface area contributed by atoms with Crippen molar-refractivity contribution in [2.45, 2.75) is 12.5 Å². The highest BCUT2D eigenvalue weighted by Crippen LogP contribution is 2.34. The maximum atomic E-state index is 13.8. The van der Waals surface area contributed by atoms with Gasteiger partial charge in [-0.15, -0.1) is 0 Å². The minimum atomic E-state index is -0.469. The molecule has 1 aromatic heterocycles. The zero-order chi connectivity index (χ0) is 20.9. The number of hydrogen-bond acceptors (Lipinski definition) is 3. The van der Waals surface area contributed by atoms with E-state index in [1.54, 1.807) is 29.3 Å². The third-order valence-electron chi connectivity index (χ3n) is 5.41. The van der Waals surface area contributed by atoms with Gasteiger partial charge in [-0.3, -0.25) is 14.6 Å². The van der Waals surface area contributed by atoms with Crippen LogP contribution < -0.4 is 5.32 Å². The molecule has 1 fully saturated rings. The molecule has 1 N–H and O–H groups in total. The highest BCUT2D eigenvalue weighted by molar-refractivity contribution is 5.95. The van der Waals surface area contributed by atoms with Gasteiger partial charge in [0.15, 0.2) is 0 Å². The van der Waals surface area contributed by atoms with Crippen molar-refractivity contribution in [3.8, 4) is 0 Å². The van der Waals surface area contributed by atoms with Crippen LogP contribution in [0.4, 0.5) is 4.39 Å². The molecule has 0 bridgehead atoms. The lowest BCUT2D eigenvalue weighted by atomic mass is 9.88. The number of likely N-dealkylation sites (tertiary alicyclic amines) is 1. The van der Waals surface area contributed by atoms with Gasteiger partial charge in [-0.2, -0.15) is 0 Å². The standard InChI is InChI=1S/C24H22FN3O2/c25-19-10-6-9-18(13-19)21-15-28(24(30)17-7-2-1-3-8-17)16-22(21)23(29)27-14-20-11-4-5-12-26-20/h1-13,21-22H,14-16H2,(H,27,29)/t21-,22-/m1/s1. The highest BCUT2D eigenvalue weighted by atomic mass is 19.1. The van der Waals surface area contributed by atoms with Gasteiger partial charge in [0, 0.05) is 30.8 Å². The Labute approximate surface area is 174 Å². The van der Waals surface area contributed by atoms with Gasteiger partial charge in [-0.1, -0.05) is 36.4 Å². The summed E-state index contributed by atoms with van der Waals surface area (Å²) >= 11 is 0. The Morgan fingerprint density at radius 3 is 2.53 bits per heavy atom. The van der Waals surface area contributed by atoms with Crippen molar-refractivity contribution in [1.82, 2.24) is 15.2 Å². The van der Waals surface area contributed by atoms with Crippen LogP contribution in [0.1, 0.15) is 27.5 Å². The third-order valence-corrected chi connectivity index (χ3v) is 5.41. The van der Waals surface area contributed by atoms with E-state index in [1.807, 2.05) is 42.5 Å². The first-order valence-corrected chi connectivity index (χ1v) is 9.89. The lowest BCUT2D eigenvalue weighted by molar-refractivity contribution is -0.125. The molecule has 0 unspecified atom stereocenters. The topological polar surface area (TPSA) is 62.3 Å². The zero-order valence-corrected chi connectivity index (χ0v) is 16.4. The SMILES string of the molecule is O=C(NCc1ccccn1)[C@@H]1CN(C(=O)c2ccccc2)C[C@@H]1c1cccc(F)c1. The quantitative estimate of drug-likeness (QED) is 0.710. The zero-order valence-electron chi connectivity index (χ0n) is 16.4. The van der Waals surface area contributed by atoms with Gasteiger partial charge in [0.25, 0.3) is 5.91 Å². The van der Waals surface area contributed by atoms with Crippen molar-refractivity contribution >= 4 is 11.8 Å². The Bertz CT molecular complexity index is 1030. The monoisotopic (exact) mass is 403 g/mol. The number of rotatable bonds is 5. The van der Waals surface area contributed by atoms with Gasteiger partial charge in [0.1, 0.15) is 5.82 Å². The van der Waals surface area contributed by atoms with Crippen LogP contribution in [0.2, 0.25) is 0 Å². The predicted octanol–water partition coefficient (Wildman–Crippen LogP) is 3.39. The van der Waals surface area contributed by atoms with E-state index in [2.05, 4.69) is 10.3 Å². The average molecular weight is 403 g/mol. The fourth-order valence-corrected chi connectivity index (χ4v) is 3.89. The molecule has 152 valence electrons. The van der Waals surface area contributed by atoms with Crippen LogP contribution in [0, 0.1) is 11.7 Å². The summed E-state index contributed by atoms with van der Waals surface area (Å²) in [6.45, 7) is 0.945. The Hall–Kier alpha value is -3.54. The van der Waals surface area contributed by atoms with Gasteiger partial charge in [0.2, 0.25) is 5.91 Å². The molecule has 0 saturated carbocycles. The molecule has 2 aromatic carbocycles. The molecule has 2 amide bonds. The fraction of sp³-hybridized carbons (Fsp3) is 0.208. The number of carbonyl (C=O) groups excluding carboxylic acids is 2. The second kappa shape index (κ2) is 8.86. The van der Waals surface area contributed by atoms with Crippen molar-refractivity contribution in [2.75, 3.05) is 13.1 Å². The molecule has 1 saturated heterocycles. The molecule has 0 radical (unpaired) electrons. The minimum absolute atomic E-state index is 0.128. The van der Waals surface area contributed by atoms with Gasteiger partial charge in [-0.05, 0) is 42.0 Å². The van der Waals surface area contributed by atoms with Crippen molar-refractivity contribution < 1.29 is 14.0 Å². The first kappa shape index (κ1) is 19.8. The number of benzene rings is 2. The van der Waals surface area contributed by atoms with Crippen molar-refractivity contribution in [3.05, 3.63) is 102 Å². The summed E-state index contributed by atoms with van der Waals surface area (Å²) in [5, 5.41) is 2.92. The summed E-state index contributed by atoms with van der Waals surface area (Å²) in [7, 11) is 0. The molecule has 2 atom stereocenters. The molecule has 6 heteroatoms. The van der Waals surface area contributed by atoms with Gasteiger partial charge >= 0.3 is 0 Å². The van der Waals surface area contributed by atoms with E-state index in [1.165, 1.54) is 12.1 Å². The number of pyridine rings is 1. The molecule has 0 spiro atoms. The maximum Gasteiger partial charge on any atom is 0.253 e. The summed E-state index contributed by atoms with van der Waals surface area (Å²) in [6.07, 6.45) is 1.67. The van der Waals surface area contributed by atoms with E-state index in [9.17, 15) is 14.0 Å². The molecule has 3 aromatic rings. The molecule has 4 rings (SSSR count). The van der Waals surface area contributed by atoms with Crippen LogP contribution in [0.15, 0.2) is 79.0 Å². The summed E-state index contributed by atoms with van der Waals surface area (Å²) in [5.41, 5.74) is 2.05. The average Bonchev–Trinajstić information content (AvgIpc) is 3.24. The Morgan fingerprint density at radius 1 is 1.00 bits per heavy atom. The summed E-state index contributed by atoms with van der Waals surface area (Å²) in [6, 6.07) is 20.8. The molecule has 1 aliphatic rings. The number of halogens is 1. The van der Waals surface area contributed by atoms with E-state index >= 15 is 0 Å². The smallest absolute Gasteiger partial charge is 0.253 e. The first-order valence-electron chi connectivity index (χ1n) is 9.89. The van der Waals surface area contributed by atoms with Gasteiger partial charge in [-0.25, -0.2) is 4.39 Å². The lowest BCUT2D eigenvalue weighted by Gasteiger charge is -2.18. The van der Waals surface area contributed by atoms with Crippen LogP contribution in [-0.2, 0) is 11.3 Å².